The molecule has 0 radical (unpaired) electrons. The molecule has 0 aromatic carbocycles. The number of carbonyl (C=O) groups excluding carboxylic acids is 1. The Bertz CT molecular complexity index is 396. The van der Waals surface area contributed by atoms with Crippen LogP contribution in [0.5, 0.6) is 0 Å². The van der Waals surface area contributed by atoms with Crippen molar-refractivity contribution in [2.45, 2.75) is 6.92 Å². The van der Waals surface area contributed by atoms with Crippen molar-refractivity contribution >= 4 is 11.8 Å². The van der Waals surface area contributed by atoms with Crippen LogP contribution in [0.15, 0.2) is 12.1 Å². The number of anilines is 1. The number of hydrogen-bond donors (Lipinski definition) is 1. The lowest BCUT2D eigenvalue weighted by Gasteiger charge is -2.01. The predicted molar refractivity (Wildman–Crippen MR) is 49.3 cm³/mol. The molecular formula is C9H9N3O2. The Balaban J connectivity index is 3.04. The topological polar surface area (TPSA) is 89.0 Å². The highest BCUT2D eigenvalue weighted by molar-refractivity contribution is 5.88. The summed E-state index contributed by atoms with van der Waals surface area (Å²) in [7, 11) is 0. The maximum absolute atomic E-state index is 11.2. The fourth-order valence-corrected chi connectivity index (χ4v) is 0.926. The van der Waals surface area contributed by atoms with Crippen LogP contribution in [0, 0.1) is 11.3 Å². The molecule has 0 aliphatic heterocycles. The summed E-state index contributed by atoms with van der Waals surface area (Å²) < 4.78 is 4.72. The maximum atomic E-state index is 11.2. The standard InChI is InChI=1S/C9H9N3O2/c1-2-14-9(13)7-3-6(5-10)4-8(11)12-7/h3-4H,2H2,1H3,(H2,11,12). The van der Waals surface area contributed by atoms with Crippen LogP contribution >= 0.6 is 0 Å². The Morgan fingerprint density at radius 2 is 2.43 bits per heavy atom. The lowest BCUT2D eigenvalue weighted by molar-refractivity contribution is 0.0519. The molecule has 1 aromatic rings. The minimum Gasteiger partial charge on any atom is -0.461 e. The normalized spacial score (nSPS) is 9.14. The Morgan fingerprint density at radius 1 is 1.71 bits per heavy atom. The smallest absolute Gasteiger partial charge is 0.357 e. The summed E-state index contributed by atoms with van der Waals surface area (Å²) in [5.41, 5.74) is 5.75. The average Bonchev–Trinajstić information content (AvgIpc) is 2.17. The lowest BCUT2D eigenvalue weighted by Crippen LogP contribution is -2.08. The quantitative estimate of drug-likeness (QED) is 0.695. The molecule has 0 fully saturated rings. The fraction of sp³-hybridized carbons (Fsp3) is 0.222. The predicted octanol–water partition coefficient (Wildman–Crippen LogP) is 0.712. The number of aromatic nitrogens is 1. The minimum absolute atomic E-state index is 0.0587. The van der Waals surface area contributed by atoms with Crippen molar-refractivity contribution in [1.82, 2.24) is 4.98 Å². The zero-order valence-electron chi connectivity index (χ0n) is 7.65. The number of carbonyl (C=O) groups is 1. The van der Waals surface area contributed by atoms with E-state index >= 15 is 0 Å². The molecule has 0 atom stereocenters. The molecule has 0 bridgehead atoms. The first-order chi connectivity index (χ1) is 6.67. The van der Waals surface area contributed by atoms with Crippen molar-refractivity contribution in [2.24, 2.45) is 0 Å². The van der Waals surface area contributed by atoms with E-state index in [1.807, 2.05) is 6.07 Å². The summed E-state index contributed by atoms with van der Waals surface area (Å²) >= 11 is 0. The number of hydrogen-bond acceptors (Lipinski definition) is 5. The van der Waals surface area contributed by atoms with Gasteiger partial charge in [0, 0.05) is 0 Å². The van der Waals surface area contributed by atoms with E-state index in [9.17, 15) is 4.79 Å². The van der Waals surface area contributed by atoms with E-state index in [0.29, 0.717) is 5.56 Å². The van der Waals surface area contributed by atoms with Crippen LogP contribution in [-0.4, -0.2) is 17.6 Å². The second kappa shape index (κ2) is 4.23. The molecule has 0 spiro atoms. The monoisotopic (exact) mass is 191 g/mol. The van der Waals surface area contributed by atoms with E-state index in [4.69, 9.17) is 15.7 Å². The third-order valence-corrected chi connectivity index (χ3v) is 1.46. The SMILES string of the molecule is CCOC(=O)c1cc(C#N)cc(N)n1. The number of ether oxygens (including phenoxy) is 1. The van der Waals surface area contributed by atoms with E-state index in [1.165, 1.54) is 12.1 Å². The third-order valence-electron chi connectivity index (χ3n) is 1.46. The van der Waals surface area contributed by atoms with Crippen molar-refractivity contribution < 1.29 is 9.53 Å². The molecule has 2 N–H and O–H groups in total. The van der Waals surface area contributed by atoms with E-state index < -0.39 is 5.97 Å². The summed E-state index contributed by atoms with van der Waals surface area (Å²) in [6.45, 7) is 1.95. The number of nitrogens with zero attached hydrogens (tertiary/aromatic N) is 2. The Morgan fingerprint density at radius 3 is 3.00 bits per heavy atom. The van der Waals surface area contributed by atoms with Gasteiger partial charge >= 0.3 is 5.97 Å². The van der Waals surface area contributed by atoms with Gasteiger partial charge in [0.25, 0.3) is 0 Å². The largest absolute Gasteiger partial charge is 0.461 e. The molecule has 14 heavy (non-hydrogen) atoms. The number of rotatable bonds is 2. The second-order valence-corrected chi connectivity index (χ2v) is 2.50. The van der Waals surface area contributed by atoms with Gasteiger partial charge in [0.2, 0.25) is 0 Å². The molecule has 0 unspecified atom stereocenters. The van der Waals surface area contributed by atoms with Gasteiger partial charge < -0.3 is 10.5 Å². The summed E-state index contributed by atoms with van der Waals surface area (Å²) in [5.74, 6) is -0.441. The summed E-state index contributed by atoms with van der Waals surface area (Å²) in [6, 6.07) is 4.61. The van der Waals surface area contributed by atoms with Crippen LogP contribution in [0.4, 0.5) is 5.82 Å². The molecule has 0 amide bonds. The maximum Gasteiger partial charge on any atom is 0.357 e. The number of esters is 1. The van der Waals surface area contributed by atoms with Gasteiger partial charge in [-0.05, 0) is 19.1 Å². The lowest BCUT2D eigenvalue weighted by atomic mass is 10.2. The van der Waals surface area contributed by atoms with Crippen molar-refractivity contribution in [3.63, 3.8) is 0 Å². The van der Waals surface area contributed by atoms with Gasteiger partial charge in [-0.1, -0.05) is 0 Å². The molecule has 5 heteroatoms. The van der Waals surface area contributed by atoms with Gasteiger partial charge in [0.05, 0.1) is 18.2 Å². The number of nitrogens with two attached hydrogens (primary N) is 1. The number of nitrogen functional groups attached to an aromatic ring is 1. The second-order valence-electron chi connectivity index (χ2n) is 2.50. The summed E-state index contributed by atoms with van der Waals surface area (Å²) in [4.78, 5) is 15.0. The Labute approximate surface area is 81.1 Å². The summed E-state index contributed by atoms with van der Waals surface area (Å²) in [6.07, 6.45) is 0. The first-order valence-corrected chi connectivity index (χ1v) is 4.02. The van der Waals surface area contributed by atoms with Gasteiger partial charge in [0.1, 0.15) is 5.82 Å². The van der Waals surface area contributed by atoms with Crippen LogP contribution in [-0.2, 0) is 4.74 Å². The zero-order valence-corrected chi connectivity index (χ0v) is 7.65. The van der Waals surface area contributed by atoms with Gasteiger partial charge in [-0.3, -0.25) is 0 Å². The van der Waals surface area contributed by atoms with Crippen LogP contribution in [0.1, 0.15) is 23.0 Å². The van der Waals surface area contributed by atoms with E-state index in [-0.39, 0.29) is 18.1 Å². The van der Waals surface area contributed by atoms with Crippen LogP contribution in [0.25, 0.3) is 0 Å². The highest BCUT2D eigenvalue weighted by atomic mass is 16.5. The molecule has 1 rings (SSSR count). The minimum atomic E-state index is -0.573. The highest BCUT2D eigenvalue weighted by Crippen LogP contribution is 2.07. The number of nitriles is 1. The van der Waals surface area contributed by atoms with E-state index in [0.717, 1.165) is 0 Å². The molecule has 5 nitrogen and oxygen atoms in total. The fourth-order valence-electron chi connectivity index (χ4n) is 0.926. The molecule has 0 saturated carbocycles. The molecular weight excluding hydrogens is 182 g/mol. The van der Waals surface area contributed by atoms with Gasteiger partial charge in [-0.2, -0.15) is 5.26 Å². The van der Waals surface area contributed by atoms with Gasteiger partial charge in [-0.25, -0.2) is 9.78 Å². The molecule has 0 aliphatic carbocycles. The Hall–Kier alpha value is -2.09. The first-order valence-electron chi connectivity index (χ1n) is 4.02. The Kier molecular flexibility index (Phi) is 3.02. The van der Waals surface area contributed by atoms with Crippen molar-refractivity contribution in [1.29, 1.82) is 5.26 Å². The molecule has 1 heterocycles. The van der Waals surface area contributed by atoms with Crippen LogP contribution in [0.2, 0.25) is 0 Å². The van der Waals surface area contributed by atoms with E-state index in [1.54, 1.807) is 6.92 Å². The third kappa shape index (κ3) is 2.20. The molecule has 72 valence electrons. The van der Waals surface area contributed by atoms with E-state index in [2.05, 4.69) is 4.98 Å². The first kappa shape index (κ1) is 9.99. The van der Waals surface area contributed by atoms with Crippen molar-refractivity contribution in [3.05, 3.63) is 23.4 Å². The zero-order chi connectivity index (χ0) is 10.6. The number of pyridine rings is 1. The highest BCUT2D eigenvalue weighted by Gasteiger charge is 2.10. The van der Waals surface area contributed by atoms with Gasteiger partial charge in [-0.15, -0.1) is 0 Å². The van der Waals surface area contributed by atoms with Gasteiger partial charge in [0.15, 0.2) is 5.69 Å². The molecule has 0 aliphatic rings. The molecule has 0 saturated heterocycles. The van der Waals surface area contributed by atoms with Crippen LogP contribution < -0.4 is 5.73 Å². The van der Waals surface area contributed by atoms with Crippen molar-refractivity contribution in [3.8, 4) is 6.07 Å². The van der Waals surface area contributed by atoms with Crippen molar-refractivity contribution in [2.75, 3.05) is 12.3 Å². The summed E-state index contributed by atoms with van der Waals surface area (Å²) in [5, 5.41) is 8.61. The molecule has 1 aromatic heterocycles. The van der Waals surface area contributed by atoms with Crippen LogP contribution in [0.3, 0.4) is 0 Å². The average molecular weight is 191 g/mol.